The number of hydrogen-bond acceptors (Lipinski definition) is 2. The third-order valence-corrected chi connectivity index (χ3v) is 3.43. The summed E-state index contributed by atoms with van der Waals surface area (Å²) in [5, 5.41) is 13.9. The smallest absolute Gasteiger partial charge is 0.115 e. The molecule has 0 amide bonds. The fourth-order valence-corrected chi connectivity index (χ4v) is 2.40. The van der Waals surface area contributed by atoms with Gasteiger partial charge in [-0.3, -0.25) is 0 Å². The second-order valence-electron chi connectivity index (χ2n) is 5.26. The van der Waals surface area contributed by atoms with Crippen LogP contribution in [0.1, 0.15) is 19.9 Å². The molecule has 3 heteroatoms. The van der Waals surface area contributed by atoms with Crippen molar-refractivity contribution in [2.75, 3.05) is 5.32 Å². The molecule has 0 saturated heterocycles. The molecule has 0 spiro atoms. The maximum absolute atomic E-state index is 9.29. The first-order chi connectivity index (χ1) is 9.63. The van der Waals surface area contributed by atoms with Crippen LogP contribution < -0.4 is 5.32 Å². The topological polar surface area (TPSA) is 37.2 Å². The third kappa shape index (κ3) is 2.35. The zero-order valence-electron chi connectivity index (χ0n) is 11.7. The summed E-state index contributed by atoms with van der Waals surface area (Å²) in [5.74, 6) is 0.278. The van der Waals surface area contributed by atoms with Gasteiger partial charge in [-0.05, 0) is 62.4 Å². The highest BCUT2D eigenvalue weighted by Crippen LogP contribution is 2.25. The maximum atomic E-state index is 9.29. The Bertz CT molecular complexity index is 726. The van der Waals surface area contributed by atoms with Crippen molar-refractivity contribution in [2.45, 2.75) is 19.9 Å². The van der Waals surface area contributed by atoms with Crippen LogP contribution in [0.2, 0.25) is 0 Å². The molecular weight excluding hydrogens is 248 g/mol. The van der Waals surface area contributed by atoms with Gasteiger partial charge >= 0.3 is 0 Å². The van der Waals surface area contributed by atoms with Gasteiger partial charge in [-0.25, -0.2) is 0 Å². The summed E-state index contributed by atoms with van der Waals surface area (Å²) >= 11 is 0. The van der Waals surface area contributed by atoms with Gasteiger partial charge in [0.25, 0.3) is 0 Å². The van der Waals surface area contributed by atoms with E-state index in [9.17, 15) is 5.11 Å². The van der Waals surface area contributed by atoms with E-state index in [-0.39, 0.29) is 5.75 Å². The molecule has 0 unspecified atom stereocenters. The Labute approximate surface area is 118 Å². The molecule has 0 bridgehead atoms. The van der Waals surface area contributed by atoms with Gasteiger partial charge in [0.2, 0.25) is 0 Å². The SMILES string of the molecule is CC(C)n1ccc2cc(Nc3ccc(O)cc3)ccc21. The lowest BCUT2D eigenvalue weighted by Crippen LogP contribution is -1.97. The number of nitrogens with zero attached hydrogens (tertiary/aromatic N) is 1. The van der Waals surface area contributed by atoms with Gasteiger partial charge in [-0.1, -0.05) is 0 Å². The normalized spacial score (nSPS) is 11.2. The minimum absolute atomic E-state index is 0.278. The summed E-state index contributed by atoms with van der Waals surface area (Å²) < 4.78 is 2.26. The second-order valence-corrected chi connectivity index (χ2v) is 5.26. The number of benzene rings is 2. The largest absolute Gasteiger partial charge is 0.508 e. The predicted molar refractivity (Wildman–Crippen MR) is 83.7 cm³/mol. The number of phenolic OH excluding ortho intramolecular Hbond substituents is 1. The molecule has 0 aliphatic carbocycles. The van der Waals surface area contributed by atoms with Crippen LogP contribution >= 0.6 is 0 Å². The molecule has 3 rings (SSSR count). The van der Waals surface area contributed by atoms with Crippen LogP contribution in [0.25, 0.3) is 10.9 Å². The molecule has 0 atom stereocenters. The summed E-state index contributed by atoms with van der Waals surface area (Å²) in [5.41, 5.74) is 3.26. The van der Waals surface area contributed by atoms with Crippen molar-refractivity contribution in [2.24, 2.45) is 0 Å². The minimum Gasteiger partial charge on any atom is -0.508 e. The van der Waals surface area contributed by atoms with E-state index in [0.717, 1.165) is 11.4 Å². The number of nitrogens with one attached hydrogen (secondary N) is 1. The summed E-state index contributed by atoms with van der Waals surface area (Å²) in [7, 11) is 0. The van der Waals surface area contributed by atoms with Gasteiger partial charge in [0, 0.05) is 34.5 Å². The van der Waals surface area contributed by atoms with Gasteiger partial charge in [-0.15, -0.1) is 0 Å². The number of rotatable bonds is 3. The summed E-state index contributed by atoms with van der Waals surface area (Å²) in [6.07, 6.45) is 2.12. The fourth-order valence-electron chi connectivity index (χ4n) is 2.40. The van der Waals surface area contributed by atoms with Gasteiger partial charge < -0.3 is 15.0 Å². The molecule has 3 nitrogen and oxygen atoms in total. The molecule has 0 fully saturated rings. The molecule has 2 N–H and O–H groups in total. The predicted octanol–water partition coefficient (Wildman–Crippen LogP) is 4.67. The van der Waals surface area contributed by atoms with Crippen molar-refractivity contribution < 1.29 is 5.11 Å². The van der Waals surface area contributed by atoms with Crippen LogP contribution in [0.4, 0.5) is 11.4 Å². The number of fused-ring (bicyclic) bond motifs is 1. The summed E-state index contributed by atoms with van der Waals surface area (Å²) in [6, 6.07) is 16.0. The Hall–Kier alpha value is -2.42. The number of phenols is 1. The van der Waals surface area contributed by atoms with Crippen LogP contribution in [0, 0.1) is 0 Å². The number of aromatic nitrogens is 1. The Morgan fingerprint density at radius 1 is 0.950 bits per heavy atom. The Balaban J connectivity index is 1.91. The lowest BCUT2D eigenvalue weighted by atomic mass is 10.2. The van der Waals surface area contributed by atoms with Gasteiger partial charge in [0.1, 0.15) is 5.75 Å². The standard InChI is InChI=1S/C17H18N2O/c1-12(2)19-10-9-13-11-15(5-8-17(13)19)18-14-3-6-16(20)7-4-14/h3-12,18,20H,1-2H3. The molecule has 0 aliphatic rings. The Morgan fingerprint density at radius 2 is 1.65 bits per heavy atom. The number of hydrogen-bond donors (Lipinski definition) is 2. The van der Waals surface area contributed by atoms with Crippen molar-refractivity contribution in [3.05, 3.63) is 54.7 Å². The van der Waals surface area contributed by atoms with Crippen molar-refractivity contribution in [1.29, 1.82) is 0 Å². The van der Waals surface area contributed by atoms with Crippen LogP contribution in [0.5, 0.6) is 5.75 Å². The average Bonchev–Trinajstić information content (AvgIpc) is 2.84. The quantitative estimate of drug-likeness (QED) is 0.676. The lowest BCUT2D eigenvalue weighted by Gasteiger charge is -2.10. The van der Waals surface area contributed by atoms with E-state index >= 15 is 0 Å². The minimum atomic E-state index is 0.278. The second kappa shape index (κ2) is 4.93. The van der Waals surface area contributed by atoms with Crippen LogP contribution in [-0.4, -0.2) is 9.67 Å². The summed E-state index contributed by atoms with van der Waals surface area (Å²) in [6.45, 7) is 4.37. The molecule has 20 heavy (non-hydrogen) atoms. The van der Waals surface area contributed by atoms with Crippen molar-refractivity contribution in [3.63, 3.8) is 0 Å². The lowest BCUT2D eigenvalue weighted by molar-refractivity contribution is 0.475. The monoisotopic (exact) mass is 266 g/mol. The average molecular weight is 266 g/mol. The van der Waals surface area contributed by atoms with Crippen LogP contribution in [0.15, 0.2) is 54.7 Å². The van der Waals surface area contributed by atoms with Gasteiger partial charge in [0.15, 0.2) is 0 Å². The van der Waals surface area contributed by atoms with E-state index < -0.39 is 0 Å². The Kier molecular flexibility index (Phi) is 3.11. The zero-order valence-corrected chi connectivity index (χ0v) is 11.7. The number of anilines is 2. The molecule has 3 aromatic rings. The molecule has 0 aliphatic heterocycles. The fraction of sp³-hybridized carbons (Fsp3) is 0.176. The van der Waals surface area contributed by atoms with Crippen molar-refractivity contribution in [1.82, 2.24) is 4.57 Å². The van der Waals surface area contributed by atoms with Crippen LogP contribution in [0.3, 0.4) is 0 Å². The summed E-state index contributed by atoms with van der Waals surface area (Å²) in [4.78, 5) is 0. The first-order valence-electron chi connectivity index (χ1n) is 6.80. The van der Waals surface area contributed by atoms with Gasteiger partial charge in [0.05, 0.1) is 0 Å². The highest BCUT2D eigenvalue weighted by atomic mass is 16.3. The molecule has 102 valence electrons. The maximum Gasteiger partial charge on any atom is 0.115 e. The van der Waals surface area contributed by atoms with E-state index in [1.54, 1.807) is 12.1 Å². The molecule has 1 heterocycles. The number of aromatic hydroxyl groups is 1. The highest BCUT2D eigenvalue weighted by Gasteiger charge is 2.05. The van der Waals surface area contributed by atoms with Crippen molar-refractivity contribution >= 4 is 22.3 Å². The molecule has 0 saturated carbocycles. The van der Waals surface area contributed by atoms with Crippen molar-refractivity contribution in [3.8, 4) is 5.75 Å². The van der Waals surface area contributed by atoms with E-state index in [1.807, 2.05) is 12.1 Å². The van der Waals surface area contributed by atoms with E-state index in [2.05, 4.69) is 54.2 Å². The van der Waals surface area contributed by atoms with E-state index in [0.29, 0.717) is 6.04 Å². The Morgan fingerprint density at radius 3 is 2.35 bits per heavy atom. The van der Waals surface area contributed by atoms with Gasteiger partial charge in [-0.2, -0.15) is 0 Å². The molecule has 1 aromatic heterocycles. The van der Waals surface area contributed by atoms with Crippen LogP contribution in [-0.2, 0) is 0 Å². The third-order valence-electron chi connectivity index (χ3n) is 3.43. The molecule has 0 radical (unpaired) electrons. The zero-order chi connectivity index (χ0) is 14.1. The van der Waals surface area contributed by atoms with E-state index in [1.165, 1.54) is 10.9 Å². The molecule has 2 aromatic carbocycles. The first-order valence-corrected chi connectivity index (χ1v) is 6.80. The first kappa shape index (κ1) is 12.6. The van der Waals surface area contributed by atoms with E-state index in [4.69, 9.17) is 0 Å². The highest BCUT2D eigenvalue weighted by molar-refractivity contribution is 5.84. The molecular formula is C17H18N2O.